The Kier molecular flexibility index (Phi) is 8.40. The smallest absolute Gasteiger partial charge is 0.338 e. The standard InChI is InChI=1S/C22H28N4O4S/c1-2-3-12-30-20(28)15-8-10-17(11-9-15)23-19(27)13-18-14-31-22(25-18)26-21(29)24-16-6-4-5-7-16/h8-11,14,16H,2-7,12-13H2,1H3,(H,23,27)(H2,24,25,26,29). The molecule has 3 rings (SSSR count). The quantitative estimate of drug-likeness (QED) is 0.394. The molecule has 0 bridgehead atoms. The first-order valence-corrected chi connectivity index (χ1v) is 11.5. The number of hydrogen-bond donors (Lipinski definition) is 3. The van der Waals surface area contributed by atoms with E-state index < -0.39 is 0 Å². The zero-order valence-corrected chi connectivity index (χ0v) is 18.4. The lowest BCUT2D eigenvalue weighted by Gasteiger charge is -2.11. The molecule has 9 heteroatoms. The van der Waals surface area contributed by atoms with Gasteiger partial charge in [0.1, 0.15) is 0 Å². The van der Waals surface area contributed by atoms with Crippen LogP contribution >= 0.6 is 11.3 Å². The monoisotopic (exact) mass is 444 g/mol. The van der Waals surface area contributed by atoms with Crippen LogP contribution in [0.2, 0.25) is 0 Å². The third-order valence-electron chi connectivity index (χ3n) is 4.94. The maximum atomic E-state index is 12.3. The predicted octanol–water partition coefficient (Wildman–Crippen LogP) is 4.35. The second-order valence-corrected chi connectivity index (χ2v) is 8.37. The van der Waals surface area contributed by atoms with Crippen molar-refractivity contribution in [2.45, 2.75) is 57.9 Å². The Balaban J connectivity index is 1.44. The van der Waals surface area contributed by atoms with Gasteiger partial charge in [-0.15, -0.1) is 11.3 Å². The summed E-state index contributed by atoms with van der Waals surface area (Å²) in [6.45, 7) is 2.43. The second-order valence-electron chi connectivity index (χ2n) is 7.52. The van der Waals surface area contributed by atoms with E-state index in [0.29, 0.717) is 28.7 Å². The normalized spacial score (nSPS) is 13.6. The molecule has 1 aromatic carbocycles. The summed E-state index contributed by atoms with van der Waals surface area (Å²) in [4.78, 5) is 40.5. The van der Waals surface area contributed by atoms with Crippen LogP contribution in [-0.4, -0.2) is 35.5 Å². The van der Waals surface area contributed by atoms with Crippen molar-refractivity contribution in [1.82, 2.24) is 10.3 Å². The summed E-state index contributed by atoms with van der Waals surface area (Å²) >= 11 is 1.28. The van der Waals surface area contributed by atoms with Gasteiger partial charge in [-0.1, -0.05) is 26.2 Å². The summed E-state index contributed by atoms with van der Waals surface area (Å²) in [5, 5.41) is 10.7. The number of ether oxygens (including phenoxy) is 1. The van der Waals surface area contributed by atoms with Crippen LogP contribution < -0.4 is 16.0 Å². The number of nitrogens with one attached hydrogen (secondary N) is 3. The number of carbonyl (C=O) groups excluding carboxylic acids is 3. The minimum atomic E-state index is -0.370. The topological polar surface area (TPSA) is 109 Å². The summed E-state index contributed by atoms with van der Waals surface area (Å²) < 4.78 is 5.17. The molecule has 3 N–H and O–H groups in total. The van der Waals surface area contributed by atoms with Crippen LogP contribution in [0.1, 0.15) is 61.5 Å². The second kappa shape index (κ2) is 11.5. The van der Waals surface area contributed by atoms with Gasteiger partial charge in [-0.3, -0.25) is 10.1 Å². The van der Waals surface area contributed by atoms with Crippen LogP contribution in [0.3, 0.4) is 0 Å². The average Bonchev–Trinajstić information content (AvgIpc) is 3.40. The highest BCUT2D eigenvalue weighted by molar-refractivity contribution is 7.13. The van der Waals surface area contributed by atoms with E-state index in [2.05, 4.69) is 20.9 Å². The molecular weight excluding hydrogens is 416 g/mol. The highest BCUT2D eigenvalue weighted by atomic mass is 32.1. The number of urea groups is 1. The van der Waals surface area contributed by atoms with E-state index in [4.69, 9.17) is 4.74 Å². The number of thiazole rings is 1. The van der Waals surface area contributed by atoms with Gasteiger partial charge in [0.15, 0.2) is 5.13 Å². The first kappa shape index (κ1) is 22.7. The van der Waals surface area contributed by atoms with Crippen molar-refractivity contribution in [1.29, 1.82) is 0 Å². The molecule has 0 spiro atoms. The van der Waals surface area contributed by atoms with Crippen molar-refractivity contribution >= 4 is 40.1 Å². The van der Waals surface area contributed by atoms with Crippen molar-refractivity contribution in [3.63, 3.8) is 0 Å². The maximum Gasteiger partial charge on any atom is 0.338 e. The first-order valence-electron chi connectivity index (χ1n) is 10.6. The molecule has 0 saturated heterocycles. The number of amides is 3. The third-order valence-corrected chi connectivity index (χ3v) is 5.75. The molecule has 1 aromatic heterocycles. The number of carbonyl (C=O) groups is 3. The number of esters is 1. The van der Waals surface area contributed by atoms with Gasteiger partial charge in [-0.2, -0.15) is 0 Å². The molecule has 0 unspecified atom stereocenters. The SMILES string of the molecule is CCCCOC(=O)c1ccc(NC(=O)Cc2csc(NC(=O)NC3CCCC3)n2)cc1. The minimum absolute atomic E-state index is 0.0865. The van der Waals surface area contributed by atoms with Crippen LogP contribution in [0.4, 0.5) is 15.6 Å². The Morgan fingerprint density at radius 1 is 1.13 bits per heavy atom. The van der Waals surface area contributed by atoms with Crippen molar-refractivity contribution in [3.05, 3.63) is 40.9 Å². The van der Waals surface area contributed by atoms with Crippen LogP contribution in [0, 0.1) is 0 Å². The molecule has 1 saturated carbocycles. The summed E-state index contributed by atoms with van der Waals surface area (Å²) in [7, 11) is 0. The van der Waals surface area contributed by atoms with E-state index in [0.717, 1.165) is 38.5 Å². The van der Waals surface area contributed by atoms with Gasteiger partial charge >= 0.3 is 12.0 Å². The molecule has 3 amide bonds. The number of aromatic nitrogens is 1. The molecule has 0 atom stereocenters. The Morgan fingerprint density at radius 2 is 1.87 bits per heavy atom. The van der Waals surface area contributed by atoms with Crippen LogP contribution in [-0.2, 0) is 16.0 Å². The molecule has 2 aromatic rings. The van der Waals surface area contributed by atoms with Crippen LogP contribution in [0.25, 0.3) is 0 Å². The highest BCUT2D eigenvalue weighted by Crippen LogP contribution is 2.19. The number of hydrogen-bond acceptors (Lipinski definition) is 6. The number of rotatable bonds is 9. The fraction of sp³-hybridized carbons (Fsp3) is 0.455. The lowest BCUT2D eigenvalue weighted by Crippen LogP contribution is -2.36. The van der Waals surface area contributed by atoms with Crippen molar-refractivity contribution in [3.8, 4) is 0 Å². The molecule has 1 fully saturated rings. The first-order chi connectivity index (χ1) is 15.0. The summed E-state index contributed by atoms with van der Waals surface area (Å²) in [6, 6.07) is 6.54. The zero-order valence-electron chi connectivity index (χ0n) is 17.6. The zero-order chi connectivity index (χ0) is 22.1. The Hall–Kier alpha value is -2.94. The number of benzene rings is 1. The van der Waals surface area contributed by atoms with E-state index in [9.17, 15) is 14.4 Å². The Morgan fingerprint density at radius 3 is 2.58 bits per heavy atom. The molecule has 1 aliphatic rings. The highest BCUT2D eigenvalue weighted by Gasteiger charge is 2.18. The average molecular weight is 445 g/mol. The summed E-state index contributed by atoms with van der Waals surface area (Å²) in [5.74, 6) is -0.601. The Labute approximate surface area is 185 Å². The Bertz CT molecular complexity index is 891. The molecule has 8 nitrogen and oxygen atoms in total. The van der Waals surface area contributed by atoms with Gasteiger partial charge < -0.3 is 15.4 Å². The minimum Gasteiger partial charge on any atom is -0.462 e. The molecular formula is C22H28N4O4S. The van der Waals surface area contributed by atoms with E-state index in [1.165, 1.54) is 11.3 Å². The third kappa shape index (κ3) is 7.36. The van der Waals surface area contributed by atoms with E-state index in [-0.39, 0.29) is 30.4 Å². The maximum absolute atomic E-state index is 12.3. The fourth-order valence-electron chi connectivity index (χ4n) is 3.29. The summed E-state index contributed by atoms with van der Waals surface area (Å²) in [5.41, 5.74) is 1.61. The molecule has 0 radical (unpaired) electrons. The largest absolute Gasteiger partial charge is 0.462 e. The van der Waals surface area contributed by atoms with Gasteiger partial charge in [0.05, 0.1) is 24.3 Å². The number of nitrogens with zero attached hydrogens (tertiary/aromatic N) is 1. The van der Waals surface area contributed by atoms with Crippen molar-refractivity contribution in [2.24, 2.45) is 0 Å². The number of anilines is 2. The van der Waals surface area contributed by atoms with Crippen LogP contribution in [0.5, 0.6) is 0 Å². The van der Waals surface area contributed by atoms with Crippen molar-refractivity contribution in [2.75, 3.05) is 17.2 Å². The van der Waals surface area contributed by atoms with Gasteiger partial charge in [0.25, 0.3) is 0 Å². The molecule has 1 heterocycles. The lowest BCUT2D eigenvalue weighted by atomic mass is 10.2. The molecule has 0 aliphatic heterocycles. The summed E-state index contributed by atoms with van der Waals surface area (Å²) in [6.07, 6.45) is 6.19. The molecule has 31 heavy (non-hydrogen) atoms. The van der Waals surface area contributed by atoms with Gasteiger partial charge in [0.2, 0.25) is 5.91 Å². The number of unbranched alkanes of at least 4 members (excludes halogenated alkanes) is 1. The van der Waals surface area contributed by atoms with Crippen LogP contribution in [0.15, 0.2) is 29.6 Å². The fourth-order valence-corrected chi connectivity index (χ4v) is 3.99. The van der Waals surface area contributed by atoms with Crippen molar-refractivity contribution < 1.29 is 19.1 Å². The van der Waals surface area contributed by atoms with E-state index >= 15 is 0 Å². The molecule has 1 aliphatic carbocycles. The lowest BCUT2D eigenvalue weighted by molar-refractivity contribution is -0.115. The van der Waals surface area contributed by atoms with E-state index in [1.54, 1.807) is 29.6 Å². The van der Waals surface area contributed by atoms with Gasteiger partial charge in [-0.05, 0) is 43.5 Å². The predicted molar refractivity (Wildman–Crippen MR) is 120 cm³/mol. The van der Waals surface area contributed by atoms with E-state index in [1.807, 2.05) is 6.92 Å². The molecule has 166 valence electrons. The van der Waals surface area contributed by atoms with Gasteiger partial charge in [-0.25, -0.2) is 14.6 Å². The van der Waals surface area contributed by atoms with Gasteiger partial charge in [0, 0.05) is 17.1 Å².